The Morgan fingerprint density at radius 3 is 2.27 bits per heavy atom. The molecule has 0 aliphatic carbocycles. The molecule has 3 amide bonds. The average Bonchev–Trinajstić information content (AvgIpc) is 2.74. The maximum absolute atomic E-state index is 13.4. The normalized spacial score (nSPS) is 12.8. The minimum Gasteiger partial charge on any atom is -0.444 e. The molecule has 0 aromatic heterocycles. The zero-order chi connectivity index (χ0) is 25.0. The fourth-order valence-electron chi connectivity index (χ4n) is 3.35. The summed E-state index contributed by atoms with van der Waals surface area (Å²) in [5, 5.41) is 5.54. The van der Waals surface area contributed by atoms with Crippen LogP contribution in [0.2, 0.25) is 0 Å². The number of ether oxygens (including phenoxy) is 1. The SMILES string of the molecule is C#Cc1ccc(C(C(=O)NC(C)CCC)N(CCCC)C(=O)CNC(=O)OC(C)(C)C)cc1. The van der Waals surface area contributed by atoms with Gasteiger partial charge in [-0.2, -0.15) is 0 Å². The first-order valence-electron chi connectivity index (χ1n) is 11.7. The van der Waals surface area contributed by atoms with Gasteiger partial charge in [-0.15, -0.1) is 6.42 Å². The smallest absolute Gasteiger partial charge is 0.408 e. The monoisotopic (exact) mass is 457 g/mol. The summed E-state index contributed by atoms with van der Waals surface area (Å²) in [4.78, 5) is 40.2. The standard InChI is InChI=1S/C26H39N3O4/c1-8-11-17-29(22(30)18-27-25(32)33-26(5,6)7)23(24(31)28-19(4)12-9-2)21-15-13-20(10-3)14-16-21/h3,13-16,19,23H,8-9,11-12,17-18H2,1-2,4-7H3,(H,27,32)(H,28,31). The summed E-state index contributed by atoms with van der Waals surface area (Å²) in [6.45, 7) is 11.4. The minimum atomic E-state index is -0.837. The summed E-state index contributed by atoms with van der Waals surface area (Å²) in [6.07, 6.45) is 8.12. The first-order chi connectivity index (χ1) is 15.5. The minimum absolute atomic E-state index is 0.0296. The Bertz CT molecular complexity index is 821. The lowest BCUT2D eigenvalue weighted by Crippen LogP contribution is -2.49. The van der Waals surface area contributed by atoms with Gasteiger partial charge in [0.05, 0.1) is 0 Å². The molecule has 0 spiro atoms. The Labute approximate surface area is 198 Å². The van der Waals surface area contributed by atoms with Crippen LogP contribution in [0.4, 0.5) is 4.79 Å². The Morgan fingerprint density at radius 1 is 1.12 bits per heavy atom. The van der Waals surface area contributed by atoms with Crippen LogP contribution in [0.15, 0.2) is 24.3 Å². The van der Waals surface area contributed by atoms with Gasteiger partial charge in [0.25, 0.3) is 0 Å². The van der Waals surface area contributed by atoms with E-state index in [1.54, 1.807) is 45.0 Å². The molecular formula is C26H39N3O4. The molecule has 0 aliphatic rings. The molecule has 0 aliphatic heterocycles. The van der Waals surface area contributed by atoms with Gasteiger partial charge in [-0.3, -0.25) is 9.59 Å². The number of rotatable bonds is 11. The lowest BCUT2D eigenvalue weighted by atomic mass is 10.0. The highest BCUT2D eigenvalue weighted by molar-refractivity contribution is 5.90. The van der Waals surface area contributed by atoms with E-state index in [9.17, 15) is 14.4 Å². The zero-order valence-electron chi connectivity index (χ0n) is 20.9. The summed E-state index contributed by atoms with van der Waals surface area (Å²) in [7, 11) is 0. The molecule has 0 heterocycles. The molecule has 1 rings (SSSR count). The number of nitrogens with zero attached hydrogens (tertiary/aromatic N) is 1. The highest BCUT2D eigenvalue weighted by Gasteiger charge is 2.32. The molecule has 2 unspecified atom stereocenters. The first-order valence-corrected chi connectivity index (χ1v) is 11.7. The lowest BCUT2D eigenvalue weighted by Gasteiger charge is -2.32. The third kappa shape index (κ3) is 9.98. The molecule has 0 saturated carbocycles. The van der Waals surface area contributed by atoms with Gasteiger partial charge in [0.1, 0.15) is 18.2 Å². The summed E-state index contributed by atoms with van der Waals surface area (Å²) < 4.78 is 5.23. The number of carbonyl (C=O) groups is 3. The van der Waals surface area contributed by atoms with E-state index in [0.29, 0.717) is 17.7 Å². The highest BCUT2D eigenvalue weighted by atomic mass is 16.6. The predicted molar refractivity (Wildman–Crippen MR) is 130 cm³/mol. The quantitative estimate of drug-likeness (QED) is 0.488. The molecule has 7 heteroatoms. The van der Waals surface area contributed by atoms with Crippen molar-refractivity contribution in [1.29, 1.82) is 0 Å². The van der Waals surface area contributed by atoms with E-state index in [1.165, 1.54) is 4.90 Å². The molecule has 0 saturated heterocycles. The molecule has 0 bridgehead atoms. The van der Waals surface area contributed by atoms with Crippen molar-refractivity contribution in [2.45, 2.75) is 84.9 Å². The Morgan fingerprint density at radius 2 is 1.76 bits per heavy atom. The topological polar surface area (TPSA) is 87.7 Å². The van der Waals surface area contributed by atoms with E-state index in [1.807, 2.05) is 13.8 Å². The van der Waals surface area contributed by atoms with Gasteiger partial charge in [-0.25, -0.2) is 4.79 Å². The number of unbranched alkanes of at least 4 members (excludes halogenated alkanes) is 1. The number of carbonyl (C=O) groups excluding carboxylic acids is 3. The Hall–Kier alpha value is -3.01. The first kappa shape index (κ1) is 28.0. The number of hydrogen-bond acceptors (Lipinski definition) is 4. The second-order valence-electron chi connectivity index (χ2n) is 9.16. The summed E-state index contributed by atoms with van der Waals surface area (Å²) >= 11 is 0. The van der Waals surface area contributed by atoms with Gasteiger partial charge in [0.15, 0.2) is 0 Å². The molecule has 0 fully saturated rings. The number of terminal acetylenes is 1. The number of benzene rings is 1. The molecule has 2 atom stereocenters. The van der Waals surface area contributed by atoms with Crippen LogP contribution >= 0.6 is 0 Å². The van der Waals surface area contributed by atoms with Crippen LogP contribution in [0.5, 0.6) is 0 Å². The van der Waals surface area contributed by atoms with Crippen molar-refractivity contribution in [2.24, 2.45) is 0 Å². The molecule has 1 aromatic carbocycles. The fraction of sp³-hybridized carbons (Fsp3) is 0.577. The van der Waals surface area contributed by atoms with Crippen LogP contribution in [0.25, 0.3) is 0 Å². The summed E-state index contributed by atoms with van der Waals surface area (Å²) in [5.74, 6) is 1.95. The van der Waals surface area contributed by atoms with Crippen molar-refractivity contribution >= 4 is 17.9 Å². The van der Waals surface area contributed by atoms with Crippen LogP contribution in [-0.2, 0) is 14.3 Å². The molecule has 182 valence electrons. The van der Waals surface area contributed by atoms with Crippen LogP contribution in [-0.4, -0.2) is 47.5 Å². The third-order valence-electron chi connectivity index (χ3n) is 4.92. The van der Waals surface area contributed by atoms with Crippen molar-refractivity contribution in [2.75, 3.05) is 13.1 Å². The molecular weight excluding hydrogens is 418 g/mol. The largest absolute Gasteiger partial charge is 0.444 e. The third-order valence-corrected chi connectivity index (χ3v) is 4.92. The highest BCUT2D eigenvalue weighted by Crippen LogP contribution is 2.23. The maximum Gasteiger partial charge on any atom is 0.408 e. The number of amides is 3. The van der Waals surface area contributed by atoms with Crippen molar-refractivity contribution in [1.82, 2.24) is 15.5 Å². The number of nitrogens with one attached hydrogen (secondary N) is 2. The molecule has 33 heavy (non-hydrogen) atoms. The zero-order valence-corrected chi connectivity index (χ0v) is 20.9. The van der Waals surface area contributed by atoms with Crippen LogP contribution in [0.1, 0.15) is 84.4 Å². The second kappa shape index (κ2) is 13.5. The van der Waals surface area contributed by atoms with E-state index in [-0.39, 0.29) is 24.4 Å². The maximum atomic E-state index is 13.4. The van der Waals surface area contributed by atoms with E-state index >= 15 is 0 Å². The van der Waals surface area contributed by atoms with Gasteiger partial charge in [0.2, 0.25) is 11.8 Å². The Kier molecular flexibility index (Phi) is 11.5. The van der Waals surface area contributed by atoms with Gasteiger partial charge in [0, 0.05) is 18.2 Å². The average molecular weight is 458 g/mol. The lowest BCUT2D eigenvalue weighted by molar-refractivity contribution is -0.140. The van der Waals surface area contributed by atoms with Gasteiger partial charge in [-0.1, -0.05) is 44.7 Å². The molecule has 0 radical (unpaired) electrons. The van der Waals surface area contributed by atoms with Crippen LogP contribution in [0, 0.1) is 12.3 Å². The van der Waals surface area contributed by atoms with E-state index < -0.39 is 17.7 Å². The van der Waals surface area contributed by atoms with Gasteiger partial charge < -0.3 is 20.3 Å². The van der Waals surface area contributed by atoms with E-state index in [4.69, 9.17) is 11.2 Å². The van der Waals surface area contributed by atoms with E-state index in [2.05, 4.69) is 23.5 Å². The molecule has 7 nitrogen and oxygen atoms in total. The van der Waals surface area contributed by atoms with Crippen molar-refractivity contribution in [3.05, 3.63) is 35.4 Å². The van der Waals surface area contributed by atoms with Gasteiger partial charge >= 0.3 is 6.09 Å². The predicted octanol–water partition coefficient (Wildman–Crippen LogP) is 4.17. The summed E-state index contributed by atoms with van der Waals surface area (Å²) in [6, 6.07) is 6.20. The van der Waals surface area contributed by atoms with Crippen LogP contribution in [0.3, 0.4) is 0 Å². The van der Waals surface area contributed by atoms with Gasteiger partial charge in [-0.05, 0) is 58.2 Å². The van der Waals surface area contributed by atoms with Crippen molar-refractivity contribution in [3.8, 4) is 12.3 Å². The number of hydrogen-bond donors (Lipinski definition) is 2. The molecule has 2 N–H and O–H groups in total. The second-order valence-corrected chi connectivity index (χ2v) is 9.16. The van der Waals surface area contributed by atoms with E-state index in [0.717, 1.165) is 25.7 Å². The number of alkyl carbamates (subject to hydrolysis) is 1. The van der Waals surface area contributed by atoms with Crippen molar-refractivity contribution in [3.63, 3.8) is 0 Å². The Balaban J connectivity index is 3.20. The van der Waals surface area contributed by atoms with Crippen LogP contribution < -0.4 is 10.6 Å². The fourth-order valence-corrected chi connectivity index (χ4v) is 3.35. The molecule has 1 aromatic rings. The summed E-state index contributed by atoms with van der Waals surface area (Å²) in [5.41, 5.74) is 0.679. The van der Waals surface area contributed by atoms with Crippen molar-refractivity contribution < 1.29 is 19.1 Å².